The maximum Gasteiger partial charge on any atom is 0.411 e. The number of nitrogens with one attached hydrogen (secondary N) is 4. The normalized spacial score (nSPS) is 12.4. The number of benzene rings is 3. The molecule has 2 atom stereocenters. The number of hydrogen-bond acceptors (Lipinski definition) is 6. The highest BCUT2D eigenvalue weighted by molar-refractivity contribution is 5.99. The lowest BCUT2D eigenvalue weighted by molar-refractivity contribution is -0.127. The molecule has 190 valence electrons. The zero-order valence-electron chi connectivity index (χ0n) is 20.5. The van der Waals surface area contributed by atoms with Crippen LogP contribution in [0, 0.1) is 0 Å². The van der Waals surface area contributed by atoms with Gasteiger partial charge in [0, 0.05) is 11.4 Å². The first kappa shape index (κ1) is 26.7. The number of methoxy groups -OCH3 is 1. The monoisotopic (exact) mass is 491 g/mol. The number of carbonyl (C=O) groups is 3. The van der Waals surface area contributed by atoms with Crippen molar-refractivity contribution in [2.75, 3.05) is 31.3 Å². The second-order valence-electron chi connectivity index (χ2n) is 8.48. The van der Waals surface area contributed by atoms with Crippen molar-refractivity contribution < 1.29 is 19.1 Å². The highest BCUT2D eigenvalue weighted by atomic mass is 16.5. The van der Waals surface area contributed by atoms with Crippen molar-refractivity contribution in [2.45, 2.75) is 31.3 Å². The van der Waals surface area contributed by atoms with E-state index in [4.69, 9.17) is 5.73 Å². The highest BCUT2D eigenvalue weighted by Crippen LogP contribution is 2.19. The first-order chi connectivity index (χ1) is 17.4. The third-order valence-corrected chi connectivity index (χ3v) is 5.75. The van der Waals surface area contributed by atoms with Gasteiger partial charge in [-0.05, 0) is 73.5 Å². The number of hydrogen-bond donors (Lipinski definition) is 5. The molecule has 6 N–H and O–H groups in total. The number of fused-ring (bicyclic) bond motifs is 1. The third kappa shape index (κ3) is 7.79. The van der Waals surface area contributed by atoms with Crippen LogP contribution in [0.1, 0.15) is 18.4 Å². The minimum atomic E-state index is -0.843. The Labute approximate surface area is 210 Å². The molecule has 0 saturated heterocycles. The number of nitrogens with two attached hydrogens (primary N) is 1. The van der Waals surface area contributed by atoms with E-state index in [1.807, 2.05) is 49.5 Å². The molecule has 3 aromatic carbocycles. The van der Waals surface area contributed by atoms with Crippen LogP contribution >= 0.6 is 0 Å². The molecule has 3 amide bonds. The van der Waals surface area contributed by atoms with E-state index in [2.05, 4.69) is 26.0 Å². The van der Waals surface area contributed by atoms with Crippen molar-refractivity contribution in [1.29, 1.82) is 0 Å². The molecule has 0 bridgehead atoms. The Kier molecular flexibility index (Phi) is 9.79. The van der Waals surface area contributed by atoms with Crippen molar-refractivity contribution in [1.82, 2.24) is 10.6 Å². The minimum absolute atomic E-state index is 0.278. The van der Waals surface area contributed by atoms with Gasteiger partial charge in [-0.1, -0.05) is 42.5 Å². The quantitative estimate of drug-likeness (QED) is 0.262. The van der Waals surface area contributed by atoms with Crippen molar-refractivity contribution >= 4 is 40.1 Å². The maximum atomic E-state index is 13.1. The number of rotatable bonds is 11. The van der Waals surface area contributed by atoms with Gasteiger partial charge in [0.05, 0.1) is 13.2 Å². The Morgan fingerprint density at radius 1 is 0.889 bits per heavy atom. The van der Waals surface area contributed by atoms with Gasteiger partial charge < -0.3 is 26.4 Å². The van der Waals surface area contributed by atoms with E-state index in [0.29, 0.717) is 30.8 Å². The molecule has 0 saturated carbocycles. The average Bonchev–Trinajstić information content (AvgIpc) is 2.89. The zero-order chi connectivity index (χ0) is 25.9. The van der Waals surface area contributed by atoms with Crippen LogP contribution in [-0.4, -0.2) is 50.7 Å². The van der Waals surface area contributed by atoms with Gasteiger partial charge >= 0.3 is 6.09 Å². The number of amides is 3. The summed E-state index contributed by atoms with van der Waals surface area (Å²) in [5.74, 6) is -0.699. The Morgan fingerprint density at radius 2 is 1.58 bits per heavy atom. The zero-order valence-corrected chi connectivity index (χ0v) is 20.5. The van der Waals surface area contributed by atoms with Gasteiger partial charge in [-0.15, -0.1) is 0 Å². The topological polar surface area (TPSA) is 135 Å². The average molecular weight is 492 g/mol. The molecule has 9 nitrogen and oxygen atoms in total. The fraction of sp³-hybridized carbons (Fsp3) is 0.296. The molecule has 0 heterocycles. The van der Waals surface area contributed by atoms with E-state index in [1.165, 1.54) is 7.11 Å². The molecule has 0 spiro atoms. The Hall–Kier alpha value is -3.95. The van der Waals surface area contributed by atoms with Crippen molar-refractivity contribution in [2.24, 2.45) is 5.73 Å². The van der Waals surface area contributed by atoms with E-state index in [0.717, 1.165) is 16.3 Å². The predicted molar refractivity (Wildman–Crippen MR) is 142 cm³/mol. The molecule has 0 fully saturated rings. The van der Waals surface area contributed by atoms with Gasteiger partial charge in [-0.25, -0.2) is 4.79 Å². The summed E-state index contributed by atoms with van der Waals surface area (Å²) in [6, 6.07) is 19.0. The van der Waals surface area contributed by atoms with Gasteiger partial charge in [0.25, 0.3) is 0 Å². The van der Waals surface area contributed by atoms with Crippen LogP contribution < -0.4 is 27.0 Å². The van der Waals surface area contributed by atoms with Crippen molar-refractivity contribution in [3.8, 4) is 0 Å². The first-order valence-corrected chi connectivity index (χ1v) is 11.8. The van der Waals surface area contributed by atoms with Gasteiger partial charge in [-0.2, -0.15) is 0 Å². The molecule has 0 radical (unpaired) electrons. The van der Waals surface area contributed by atoms with E-state index in [1.54, 1.807) is 24.3 Å². The molecule has 3 aromatic rings. The molecule has 3 rings (SSSR count). The standard InChI is InChI=1S/C27H33N5O4/c1-29-15-5-8-24(26(34)30-22-14-11-19-6-3-4-7-20(19)17-22)32-25(33)23(28)16-18-9-12-21(13-10-18)31-27(35)36-2/h3-4,6-7,9-14,17,23-24,29H,5,8,15-16,28H2,1-2H3,(H,30,34)(H,31,35)(H,32,33)/t23-,24-/m0/s1. The van der Waals surface area contributed by atoms with Crippen LogP contribution in [-0.2, 0) is 20.7 Å². The van der Waals surface area contributed by atoms with Crippen LogP contribution in [0.3, 0.4) is 0 Å². The molecule has 0 aliphatic rings. The summed E-state index contributed by atoms with van der Waals surface area (Å²) in [6.45, 7) is 0.716. The minimum Gasteiger partial charge on any atom is -0.453 e. The molecule has 0 aromatic heterocycles. The number of carbonyl (C=O) groups excluding carboxylic acids is 3. The lowest BCUT2D eigenvalue weighted by Gasteiger charge is -2.21. The summed E-state index contributed by atoms with van der Waals surface area (Å²) in [6.07, 6.45) is 0.883. The van der Waals surface area contributed by atoms with E-state index >= 15 is 0 Å². The second-order valence-corrected chi connectivity index (χ2v) is 8.48. The van der Waals surface area contributed by atoms with Crippen molar-refractivity contribution in [3.05, 3.63) is 72.3 Å². The molecular formula is C27H33N5O4. The summed E-state index contributed by atoms with van der Waals surface area (Å²) in [4.78, 5) is 37.3. The van der Waals surface area contributed by atoms with Crippen molar-refractivity contribution in [3.63, 3.8) is 0 Å². The largest absolute Gasteiger partial charge is 0.453 e. The van der Waals surface area contributed by atoms with Crippen LogP contribution in [0.15, 0.2) is 66.7 Å². The predicted octanol–water partition coefficient (Wildman–Crippen LogP) is 3.01. The summed E-state index contributed by atoms with van der Waals surface area (Å²) in [5.41, 5.74) is 8.21. The Balaban J connectivity index is 1.62. The van der Waals surface area contributed by atoms with Gasteiger partial charge in [0.1, 0.15) is 6.04 Å². The van der Waals surface area contributed by atoms with Gasteiger partial charge in [0.2, 0.25) is 11.8 Å². The van der Waals surface area contributed by atoms with Crippen LogP contribution in [0.5, 0.6) is 0 Å². The maximum absolute atomic E-state index is 13.1. The summed E-state index contributed by atoms with van der Waals surface area (Å²) in [5, 5.41) is 13.5. The van der Waals surface area contributed by atoms with Gasteiger partial charge in [-0.3, -0.25) is 14.9 Å². The Morgan fingerprint density at radius 3 is 2.28 bits per heavy atom. The molecule has 0 aliphatic carbocycles. The summed E-state index contributed by atoms with van der Waals surface area (Å²) < 4.78 is 4.57. The lowest BCUT2D eigenvalue weighted by Crippen LogP contribution is -2.50. The fourth-order valence-corrected chi connectivity index (χ4v) is 3.77. The summed E-state index contributed by atoms with van der Waals surface area (Å²) in [7, 11) is 3.13. The second kappa shape index (κ2) is 13.2. The molecule has 0 aliphatic heterocycles. The third-order valence-electron chi connectivity index (χ3n) is 5.75. The Bertz CT molecular complexity index is 1180. The van der Waals surface area contributed by atoms with Crippen LogP contribution in [0.2, 0.25) is 0 Å². The molecule has 36 heavy (non-hydrogen) atoms. The fourth-order valence-electron chi connectivity index (χ4n) is 3.77. The van der Waals surface area contributed by atoms with Crippen LogP contribution in [0.25, 0.3) is 10.8 Å². The SMILES string of the molecule is CNCCC[C@H](NC(=O)[C@@H](N)Cc1ccc(NC(=O)OC)cc1)C(=O)Nc1ccc2ccccc2c1. The highest BCUT2D eigenvalue weighted by Gasteiger charge is 2.24. The van der Waals surface area contributed by atoms with E-state index < -0.39 is 24.1 Å². The number of anilines is 2. The van der Waals surface area contributed by atoms with Gasteiger partial charge in [0.15, 0.2) is 0 Å². The number of ether oxygens (including phenoxy) is 1. The first-order valence-electron chi connectivity index (χ1n) is 11.8. The van der Waals surface area contributed by atoms with E-state index in [9.17, 15) is 14.4 Å². The van der Waals surface area contributed by atoms with Crippen LogP contribution in [0.4, 0.5) is 16.2 Å². The molecule has 0 unspecified atom stereocenters. The lowest BCUT2D eigenvalue weighted by atomic mass is 10.0. The summed E-state index contributed by atoms with van der Waals surface area (Å²) >= 11 is 0. The van der Waals surface area contributed by atoms with E-state index in [-0.39, 0.29) is 12.3 Å². The molecular weight excluding hydrogens is 458 g/mol. The molecule has 9 heteroatoms. The smallest absolute Gasteiger partial charge is 0.411 e.